The molecule has 0 aliphatic carbocycles. The predicted octanol–water partition coefficient (Wildman–Crippen LogP) is 3.53. The fourth-order valence-corrected chi connectivity index (χ4v) is 2.37. The highest BCUT2D eigenvalue weighted by molar-refractivity contribution is 7.00. The standard InChI is InChI=1S/C10H5Cl2N5S/c11-5-1-2-6-10(17-18-16-6)9(5)15-8-4-13-3-7(12)14-8/h1-4H,(H,14,15). The normalized spacial score (nSPS) is 10.8. The topological polar surface area (TPSA) is 63.6 Å². The summed E-state index contributed by atoms with van der Waals surface area (Å²) < 4.78 is 8.35. The van der Waals surface area contributed by atoms with E-state index in [2.05, 4.69) is 24.0 Å². The van der Waals surface area contributed by atoms with Crippen LogP contribution in [0.15, 0.2) is 24.5 Å². The molecule has 0 saturated heterocycles. The van der Waals surface area contributed by atoms with Gasteiger partial charge < -0.3 is 5.32 Å². The van der Waals surface area contributed by atoms with E-state index in [4.69, 9.17) is 23.2 Å². The van der Waals surface area contributed by atoms with Gasteiger partial charge in [-0.3, -0.25) is 4.98 Å². The number of rotatable bonds is 2. The Balaban J connectivity index is 2.09. The number of nitrogens with one attached hydrogen (secondary N) is 1. The summed E-state index contributed by atoms with van der Waals surface area (Å²) in [6.45, 7) is 0. The van der Waals surface area contributed by atoms with Gasteiger partial charge in [0.2, 0.25) is 0 Å². The van der Waals surface area contributed by atoms with Gasteiger partial charge >= 0.3 is 0 Å². The number of aromatic nitrogens is 4. The lowest BCUT2D eigenvalue weighted by Crippen LogP contribution is -1.96. The average molecular weight is 298 g/mol. The van der Waals surface area contributed by atoms with Crippen molar-refractivity contribution in [3.05, 3.63) is 34.7 Å². The molecule has 0 unspecified atom stereocenters. The van der Waals surface area contributed by atoms with Crippen LogP contribution in [0.2, 0.25) is 10.2 Å². The highest BCUT2D eigenvalue weighted by atomic mass is 35.5. The van der Waals surface area contributed by atoms with Crippen LogP contribution >= 0.6 is 34.9 Å². The highest BCUT2D eigenvalue weighted by Crippen LogP contribution is 2.31. The first-order chi connectivity index (χ1) is 8.74. The summed E-state index contributed by atoms with van der Waals surface area (Å²) >= 11 is 13.0. The van der Waals surface area contributed by atoms with E-state index in [-0.39, 0.29) is 0 Å². The van der Waals surface area contributed by atoms with Gasteiger partial charge in [-0.2, -0.15) is 8.75 Å². The molecule has 0 atom stereocenters. The first-order valence-corrected chi connectivity index (χ1v) is 6.38. The Morgan fingerprint density at radius 3 is 2.83 bits per heavy atom. The molecule has 0 aliphatic rings. The van der Waals surface area contributed by atoms with Gasteiger partial charge in [-0.25, -0.2) is 4.98 Å². The fourth-order valence-electron chi connectivity index (χ4n) is 1.48. The smallest absolute Gasteiger partial charge is 0.150 e. The third kappa shape index (κ3) is 2.10. The Bertz CT molecular complexity index is 714. The number of hydrogen-bond donors (Lipinski definition) is 1. The lowest BCUT2D eigenvalue weighted by molar-refractivity contribution is 1.20. The Morgan fingerprint density at radius 1 is 1.11 bits per heavy atom. The van der Waals surface area contributed by atoms with Gasteiger partial charge in [-0.15, -0.1) is 0 Å². The maximum Gasteiger partial charge on any atom is 0.150 e. The van der Waals surface area contributed by atoms with Crippen molar-refractivity contribution in [3.8, 4) is 0 Å². The molecule has 0 fully saturated rings. The second-order valence-electron chi connectivity index (χ2n) is 3.41. The molecule has 0 amide bonds. The zero-order valence-electron chi connectivity index (χ0n) is 8.76. The minimum absolute atomic E-state index is 0.305. The van der Waals surface area contributed by atoms with Crippen LogP contribution in [-0.4, -0.2) is 18.7 Å². The first-order valence-electron chi connectivity index (χ1n) is 4.89. The summed E-state index contributed by atoms with van der Waals surface area (Å²) in [6.07, 6.45) is 3.01. The summed E-state index contributed by atoms with van der Waals surface area (Å²) in [7, 11) is 0. The summed E-state index contributed by atoms with van der Waals surface area (Å²) in [5.74, 6) is 0.505. The molecular formula is C10H5Cl2N5S. The molecule has 18 heavy (non-hydrogen) atoms. The van der Waals surface area contributed by atoms with Gasteiger partial charge in [0, 0.05) is 0 Å². The van der Waals surface area contributed by atoms with E-state index in [0.29, 0.717) is 27.2 Å². The van der Waals surface area contributed by atoms with Crippen molar-refractivity contribution in [2.45, 2.75) is 0 Å². The molecule has 2 aromatic heterocycles. The number of halogens is 2. The van der Waals surface area contributed by atoms with Crippen LogP contribution in [0.3, 0.4) is 0 Å². The molecule has 90 valence electrons. The summed E-state index contributed by atoms with van der Waals surface area (Å²) in [5, 5.41) is 3.90. The molecule has 8 heteroatoms. The average Bonchev–Trinajstić information content (AvgIpc) is 2.81. The van der Waals surface area contributed by atoms with Crippen molar-refractivity contribution < 1.29 is 0 Å². The minimum Gasteiger partial charge on any atom is -0.336 e. The molecule has 1 aromatic carbocycles. The molecule has 0 spiro atoms. The molecule has 5 nitrogen and oxygen atoms in total. The summed E-state index contributed by atoms with van der Waals surface area (Å²) in [4.78, 5) is 8.03. The zero-order valence-corrected chi connectivity index (χ0v) is 11.1. The molecule has 3 aromatic rings. The van der Waals surface area contributed by atoms with Crippen LogP contribution in [0.5, 0.6) is 0 Å². The van der Waals surface area contributed by atoms with E-state index in [1.54, 1.807) is 12.3 Å². The van der Waals surface area contributed by atoms with Gasteiger partial charge in [0.05, 0.1) is 34.8 Å². The quantitative estimate of drug-likeness (QED) is 0.784. The van der Waals surface area contributed by atoms with Crippen molar-refractivity contribution >= 4 is 57.5 Å². The molecule has 1 N–H and O–H groups in total. The number of anilines is 2. The lowest BCUT2D eigenvalue weighted by Gasteiger charge is -2.07. The number of nitrogens with zero attached hydrogens (tertiary/aromatic N) is 4. The fraction of sp³-hybridized carbons (Fsp3) is 0. The maximum atomic E-state index is 6.14. The maximum absolute atomic E-state index is 6.14. The molecule has 0 saturated carbocycles. The molecule has 0 aliphatic heterocycles. The van der Waals surface area contributed by atoms with Crippen LogP contribution in [-0.2, 0) is 0 Å². The van der Waals surface area contributed by atoms with Crippen LogP contribution in [0.4, 0.5) is 11.5 Å². The molecule has 0 bridgehead atoms. The first kappa shape index (κ1) is 11.6. The Hall–Kier alpha value is -1.50. The molecule has 3 rings (SSSR count). The highest BCUT2D eigenvalue weighted by Gasteiger charge is 2.10. The van der Waals surface area contributed by atoms with E-state index in [1.165, 1.54) is 6.20 Å². The summed E-state index contributed by atoms with van der Waals surface area (Å²) in [5.41, 5.74) is 2.13. The van der Waals surface area contributed by atoms with E-state index < -0.39 is 0 Å². The van der Waals surface area contributed by atoms with Crippen LogP contribution in [0, 0.1) is 0 Å². The van der Waals surface area contributed by atoms with E-state index in [0.717, 1.165) is 17.2 Å². The number of hydrogen-bond acceptors (Lipinski definition) is 6. The number of fused-ring (bicyclic) bond motifs is 1. The Morgan fingerprint density at radius 2 is 2.00 bits per heavy atom. The van der Waals surface area contributed by atoms with Crippen molar-refractivity contribution in [2.24, 2.45) is 0 Å². The zero-order chi connectivity index (χ0) is 12.5. The van der Waals surface area contributed by atoms with E-state index in [9.17, 15) is 0 Å². The van der Waals surface area contributed by atoms with Crippen molar-refractivity contribution in [1.82, 2.24) is 18.7 Å². The third-order valence-corrected chi connectivity index (χ3v) is 3.27. The largest absolute Gasteiger partial charge is 0.336 e. The van der Waals surface area contributed by atoms with Crippen molar-refractivity contribution in [1.29, 1.82) is 0 Å². The number of benzene rings is 1. The Labute approximate surface area is 116 Å². The van der Waals surface area contributed by atoms with Gasteiger partial charge in [-0.05, 0) is 12.1 Å². The monoisotopic (exact) mass is 297 g/mol. The second kappa shape index (κ2) is 4.64. The van der Waals surface area contributed by atoms with E-state index in [1.807, 2.05) is 6.07 Å². The SMILES string of the molecule is Clc1cncc(Nc2c(Cl)ccc3nsnc23)n1. The van der Waals surface area contributed by atoms with E-state index >= 15 is 0 Å². The van der Waals surface area contributed by atoms with Gasteiger partial charge in [-0.1, -0.05) is 23.2 Å². The molecule has 2 heterocycles. The van der Waals surface area contributed by atoms with Crippen LogP contribution in [0.25, 0.3) is 11.0 Å². The van der Waals surface area contributed by atoms with Crippen molar-refractivity contribution in [3.63, 3.8) is 0 Å². The predicted molar refractivity (Wildman–Crippen MR) is 72.7 cm³/mol. The van der Waals surface area contributed by atoms with Gasteiger partial charge in [0.15, 0.2) is 5.82 Å². The molecule has 0 radical (unpaired) electrons. The molecular weight excluding hydrogens is 293 g/mol. The van der Waals surface area contributed by atoms with Crippen molar-refractivity contribution in [2.75, 3.05) is 5.32 Å². The summed E-state index contributed by atoms with van der Waals surface area (Å²) in [6, 6.07) is 3.57. The van der Waals surface area contributed by atoms with Crippen LogP contribution < -0.4 is 5.32 Å². The third-order valence-electron chi connectivity index (χ3n) is 2.24. The van der Waals surface area contributed by atoms with Crippen LogP contribution in [0.1, 0.15) is 0 Å². The van der Waals surface area contributed by atoms with Gasteiger partial charge in [0.1, 0.15) is 16.2 Å². The lowest BCUT2D eigenvalue weighted by atomic mass is 10.2. The second-order valence-corrected chi connectivity index (χ2v) is 4.73. The van der Waals surface area contributed by atoms with Gasteiger partial charge in [0.25, 0.3) is 0 Å². The minimum atomic E-state index is 0.305. The Kier molecular flexibility index (Phi) is 2.99.